The third-order valence-corrected chi connectivity index (χ3v) is 3.17. The Morgan fingerprint density at radius 2 is 2.11 bits per heavy atom. The van der Waals surface area contributed by atoms with Gasteiger partial charge in [0.2, 0.25) is 0 Å². The van der Waals surface area contributed by atoms with Crippen molar-refractivity contribution in [1.29, 1.82) is 0 Å². The van der Waals surface area contributed by atoms with E-state index in [9.17, 15) is 4.79 Å². The second-order valence-electron chi connectivity index (χ2n) is 4.89. The molecule has 1 atom stereocenters. The largest absolute Gasteiger partial charge is 0.325 e. The molecule has 0 saturated carbocycles. The number of ketones is 1. The van der Waals surface area contributed by atoms with Crippen molar-refractivity contribution in [2.24, 2.45) is 0 Å². The van der Waals surface area contributed by atoms with Crippen LogP contribution in [0.5, 0.6) is 0 Å². The van der Waals surface area contributed by atoms with Gasteiger partial charge in [-0.15, -0.1) is 0 Å². The van der Waals surface area contributed by atoms with E-state index < -0.39 is 0 Å². The third kappa shape index (κ3) is 2.45. The van der Waals surface area contributed by atoms with Crippen LogP contribution in [0.1, 0.15) is 45.5 Å². The van der Waals surface area contributed by atoms with Crippen LogP contribution < -0.4 is 0 Å². The van der Waals surface area contributed by atoms with Gasteiger partial charge in [0.05, 0.1) is 11.0 Å². The molecule has 0 saturated heterocycles. The number of benzene rings is 1. The fraction of sp³-hybridized carbons (Fsp3) is 0.467. The molecule has 96 valence electrons. The Kier molecular flexibility index (Phi) is 3.80. The summed E-state index contributed by atoms with van der Waals surface area (Å²) in [6.45, 7) is 5.89. The minimum Gasteiger partial charge on any atom is -0.325 e. The van der Waals surface area contributed by atoms with E-state index in [1.165, 1.54) is 0 Å². The van der Waals surface area contributed by atoms with Gasteiger partial charge in [-0.25, -0.2) is 4.98 Å². The average Bonchev–Trinajstić information content (AvgIpc) is 2.66. The van der Waals surface area contributed by atoms with Gasteiger partial charge in [0.1, 0.15) is 11.6 Å². The van der Waals surface area contributed by atoms with Crippen LogP contribution in [0.15, 0.2) is 24.3 Å². The summed E-state index contributed by atoms with van der Waals surface area (Å²) in [5, 5.41) is 0. The van der Waals surface area contributed by atoms with Gasteiger partial charge in [0.15, 0.2) is 0 Å². The highest BCUT2D eigenvalue weighted by atomic mass is 16.1. The van der Waals surface area contributed by atoms with Crippen molar-refractivity contribution in [1.82, 2.24) is 9.55 Å². The topological polar surface area (TPSA) is 34.9 Å². The van der Waals surface area contributed by atoms with Crippen molar-refractivity contribution in [2.45, 2.75) is 46.1 Å². The van der Waals surface area contributed by atoms with Gasteiger partial charge < -0.3 is 4.57 Å². The maximum atomic E-state index is 11.3. The number of carbonyl (C=O) groups is 1. The number of hydrogen-bond donors (Lipinski definition) is 0. The van der Waals surface area contributed by atoms with Gasteiger partial charge in [0, 0.05) is 18.9 Å². The van der Waals surface area contributed by atoms with Crippen molar-refractivity contribution < 1.29 is 4.79 Å². The number of imidazole rings is 1. The lowest BCUT2D eigenvalue weighted by molar-refractivity contribution is -0.117. The van der Waals surface area contributed by atoms with E-state index in [4.69, 9.17) is 0 Å². The number of hydrogen-bond acceptors (Lipinski definition) is 2. The smallest absolute Gasteiger partial charge is 0.131 e. The lowest BCUT2D eigenvalue weighted by Gasteiger charge is -2.16. The van der Waals surface area contributed by atoms with E-state index in [0.717, 1.165) is 29.7 Å². The lowest BCUT2D eigenvalue weighted by atomic mass is 10.1. The molecule has 0 bridgehead atoms. The van der Waals surface area contributed by atoms with E-state index in [-0.39, 0.29) is 11.8 Å². The van der Waals surface area contributed by atoms with Crippen LogP contribution in [0, 0.1) is 0 Å². The lowest BCUT2D eigenvalue weighted by Crippen LogP contribution is -2.12. The fourth-order valence-corrected chi connectivity index (χ4v) is 2.49. The van der Waals surface area contributed by atoms with Crippen LogP contribution in [0.4, 0.5) is 0 Å². The average molecular weight is 244 g/mol. The molecule has 0 amide bonds. The fourth-order valence-electron chi connectivity index (χ4n) is 2.49. The Bertz CT molecular complexity index is 557. The highest BCUT2D eigenvalue weighted by Crippen LogP contribution is 2.24. The minimum absolute atomic E-state index is 0.177. The van der Waals surface area contributed by atoms with Crippen LogP contribution >= 0.6 is 0 Å². The second kappa shape index (κ2) is 5.34. The van der Waals surface area contributed by atoms with Gasteiger partial charge in [-0.1, -0.05) is 19.1 Å². The Morgan fingerprint density at radius 3 is 2.78 bits per heavy atom. The monoisotopic (exact) mass is 244 g/mol. The van der Waals surface area contributed by atoms with Crippen LogP contribution in [0.25, 0.3) is 11.0 Å². The molecular weight excluding hydrogens is 224 g/mol. The van der Waals surface area contributed by atoms with Gasteiger partial charge in [-0.3, -0.25) is 4.79 Å². The molecule has 1 aromatic heterocycles. The van der Waals surface area contributed by atoms with E-state index >= 15 is 0 Å². The van der Waals surface area contributed by atoms with E-state index in [2.05, 4.69) is 29.5 Å². The molecule has 2 rings (SSSR count). The van der Waals surface area contributed by atoms with Crippen molar-refractivity contribution in [3.05, 3.63) is 30.1 Å². The third-order valence-electron chi connectivity index (χ3n) is 3.17. The predicted octanol–water partition coefficient (Wildman–Crippen LogP) is 3.53. The molecule has 0 radical (unpaired) electrons. The zero-order valence-corrected chi connectivity index (χ0v) is 11.3. The first-order valence-electron chi connectivity index (χ1n) is 6.58. The minimum atomic E-state index is 0.177. The summed E-state index contributed by atoms with van der Waals surface area (Å²) in [7, 11) is 0. The predicted molar refractivity (Wildman–Crippen MR) is 73.7 cm³/mol. The molecule has 18 heavy (non-hydrogen) atoms. The summed E-state index contributed by atoms with van der Waals surface area (Å²) in [4.78, 5) is 16.0. The van der Waals surface area contributed by atoms with Crippen molar-refractivity contribution in [3.63, 3.8) is 0 Å². The number of para-hydroxylation sites is 2. The Hall–Kier alpha value is -1.64. The molecule has 0 spiro atoms. The second-order valence-corrected chi connectivity index (χ2v) is 4.89. The molecule has 3 nitrogen and oxygen atoms in total. The molecular formula is C15H20N2O. The summed E-state index contributed by atoms with van der Waals surface area (Å²) in [6.07, 6.45) is 2.59. The number of aromatic nitrogens is 2. The van der Waals surface area contributed by atoms with Gasteiger partial charge in [-0.05, 0) is 32.4 Å². The van der Waals surface area contributed by atoms with E-state index in [0.29, 0.717) is 6.42 Å². The molecule has 0 aliphatic carbocycles. The van der Waals surface area contributed by atoms with Gasteiger partial charge >= 0.3 is 0 Å². The molecule has 3 heteroatoms. The number of rotatable bonds is 5. The highest BCUT2D eigenvalue weighted by molar-refractivity contribution is 5.78. The zero-order chi connectivity index (χ0) is 13.1. The number of Topliss-reactive ketones (excluding diaryl/α,β-unsaturated/α-hetero) is 1. The van der Waals surface area contributed by atoms with Crippen LogP contribution in [-0.2, 0) is 11.2 Å². The summed E-state index contributed by atoms with van der Waals surface area (Å²) >= 11 is 0. The van der Waals surface area contributed by atoms with E-state index in [1.807, 2.05) is 18.2 Å². The maximum Gasteiger partial charge on any atom is 0.131 e. The molecule has 2 aromatic rings. The molecule has 0 aliphatic rings. The number of nitrogens with zero attached hydrogens (tertiary/aromatic N) is 2. The number of fused-ring (bicyclic) bond motifs is 1. The first kappa shape index (κ1) is 12.8. The summed E-state index contributed by atoms with van der Waals surface area (Å²) < 4.78 is 2.22. The van der Waals surface area contributed by atoms with Crippen molar-refractivity contribution in [2.75, 3.05) is 0 Å². The van der Waals surface area contributed by atoms with Crippen molar-refractivity contribution in [3.8, 4) is 0 Å². The maximum absolute atomic E-state index is 11.3. The number of aryl methyl sites for hydroxylation is 1. The van der Waals surface area contributed by atoms with E-state index in [1.54, 1.807) is 6.92 Å². The van der Waals surface area contributed by atoms with Gasteiger partial charge in [0.25, 0.3) is 0 Å². The van der Waals surface area contributed by atoms with Crippen LogP contribution in [0.2, 0.25) is 0 Å². The Labute approximate surface area is 108 Å². The molecule has 0 fully saturated rings. The Morgan fingerprint density at radius 1 is 1.39 bits per heavy atom. The standard InChI is InChI=1S/C15H20N2O/c1-4-7-15-16-13-8-5-6-9-14(13)17(15)11(2)10-12(3)18/h5-6,8-9,11H,4,7,10H2,1-3H3. The number of carbonyl (C=O) groups excluding carboxylic acids is 1. The first-order valence-corrected chi connectivity index (χ1v) is 6.58. The highest BCUT2D eigenvalue weighted by Gasteiger charge is 2.16. The van der Waals surface area contributed by atoms with Crippen molar-refractivity contribution >= 4 is 16.8 Å². The summed E-state index contributed by atoms with van der Waals surface area (Å²) in [6, 6.07) is 8.32. The molecule has 0 aliphatic heterocycles. The zero-order valence-electron chi connectivity index (χ0n) is 11.3. The molecule has 1 unspecified atom stereocenters. The molecule has 1 heterocycles. The quantitative estimate of drug-likeness (QED) is 0.806. The van der Waals surface area contributed by atoms with Gasteiger partial charge in [-0.2, -0.15) is 0 Å². The Balaban J connectivity index is 2.50. The molecule has 1 aromatic carbocycles. The summed E-state index contributed by atoms with van der Waals surface area (Å²) in [5.41, 5.74) is 2.16. The van der Waals surface area contributed by atoms with Crippen LogP contribution in [0.3, 0.4) is 0 Å². The SMILES string of the molecule is CCCc1nc2ccccc2n1C(C)CC(C)=O. The first-order chi connectivity index (χ1) is 8.63. The normalized spacial score (nSPS) is 12.8. The summed E-state index contributed by atoms with van der Waals surface area (Å²) in [5.74, 6) is 1.31. The van der Waals surface area contributed by atoms with Crippen LogP contribution in [-0.4, -0.2) is 15.3 Å². The molecule has 0 N–H and O–H groups in total.